The Balaban J connectivity index is 3.17. The highest BCUT2D eigenvalue weighted by Gasteiger charge is 2.36. The number of hydrazine groups is 1. The summed E-state index contributed by atoms with van der Waals surface area (Å²) in [6.07, 6.45) is 2.41. The van der Waals surface area contributed by atoms with Gasteiger partial charge in [0.25, 0.3) is 0 Å². The smallest absolute Gasteiger partial charge is 0.0930 e. The maximum Gasteiger partial charge on any atom is 0.0930 e. The lowest BCUT2D eigenvalue weighted by Gasteiger charge is -2.35. The number of hydrogen-bond donors (Lipinski definition) is 2. The molecule has 2 unspecified atom stereocenters. The topological polar surface area (TPSA) is 65.1 Å². The van der Waals surface area contributed by atoms with Gasteiger partial charge in [0.15, 0.2) is 0 Å². The van der Waals surface area contributed by atoms with Gasteiger partial charge in [0, 0.05) is 14.2 Å². The molecule has 3 N–H and O–H groups in total. The van der Waals surface area contributed by atoms with Crippen LogP contribution < -0.4 is 11.3 Å². The third kappa shape index (κ3) is 2.22. The Hall–Kier alpha value is -0.620. The van der Waals surface area contributed by atoms with Crippen LogP contribution >= 0.6 is 11.6 Å². The monoisotopic (exact) mass is 246 g/mol. The van der Waals surface area contributed by atoms with Gasteiger partial charge in [-0.1, -0.05) is 18.5 Å². The first-order valence-corrected chi connectivity index (χ1v) is 5.56. The van der Waals surface area contributed by atoms with Crippen LogP contribution in [0.15, 0.2) is 6.20 Å². The van der Waals surface area contributed by atoms with Gasteiger partial charge in [0.1, 0.15) is 0 Å². The molecule has 0 saturated carbocycles. The maximum atomic E-state index is 6.10. The van der Waals surface area contributed by atoms with Gasteiger partial charge in [0.05, 0.1) is 28.6 Å². The van der Waals surface area contributed by atoms with Gasteiger partial charge >= 0.3 is 0 Å². The highest BCUT2D eigenvalue weighted by molar-refractivity contribution is 6.31. The van der Waals surface area contributed by atoms with Crippen LogP contribution in [-0.4, -0.2) is 22.5 Å². The molecule has 6 heteroatoms. The van der Waals surface area contributed by atoms with Crippen molar-refractivity contribution in [2.24, 2.45) is 12.9 Å². The maximum absolute atomic E-state index is 6.10. The Labute approximate surface area is 101 Å². The lowest BCUT2D eigenvalue weighted by Crippen LogP contribution is -2.46. The van der Waals surface area contributed by atoms with Crippen LogP contribution in [0.2, 0.25) is 5.02 Å². The zero-order chi connectivity index (χ0) is 12.3. The fourth-order valence-corrected chi connectivity index (χ4v) is 2.03. The number of nitrogens with two attached hydrogens (primary N) is 1. The number of methoxy groups -OCH3 is 1. The Morgan fingerprint density at radius 2 is 2.38 bits per heavy atom. The van der Waals surface area contributed by atoms with Crippen molar-refractivity contribution in [1.82, 2.24) is 15.2 Å². The van der Waals surface area contributed by atoms with Crippen molar-refractivity contribution in [2.75, 3.05) is 7.11 Å². The van der Waals surface area contributed by atoms with Gasteiger partial charge in [-0.05, 0) is 13.3 Å². The van der Waals surface area contributed by atoms with E-state index in [2.05, 4.69) is 10.5 Å². The first-order valence-electron chi connectivity index (χ1n) is 5.18. The zero-order valence-electron chi connectivity index (χ0n) is 10.1. The molecule has 0 aliphatic rings. The van der Waals surface area contributed by atoms with Crippen LogP contribution in [0.4, 0.5) is 0 Å². The lowest BCUT2D eigenvalue weighted by molar-refractivity contribution is -0.0320. The van der Waals surface area contributed by atoms with Crippen LogP contribution in [-0.2, 0) is 11.8 Å². The number of aryl methyl sites for hydroxylation is 1. The predicted octanol–water partition coefficient (Wildman–Crippen LogP) is 1.39. The van der Waals surface area contributed by atoms with Gasteiger partial charge in [-0.25, -0.2) is 5.43 Å². The molecule has 1 heterocycles. The number of ether oxygens (including phenoxy) is 1. The van der Waals surface area contributed by atoms with Crippen LogP contribution in [0.25, 0.3) is 0 Å². The third-order valence-electron chi connectivity index (χ3n) is 3.16. The summed E-state index contributed by atoms with van der Waals surface area (Å²) in [7, 11) is 3.50. The van der Waals surface area contributed by atoms with Crippen molar-refractivity contribution >= 4 is 11.6 Å². The Morgan fingerprint density at radius 1 is 1.75 bits per heavy atom. The van der Waals surface area contributed by atoms with E-state index in [1.165, 1.54) is 0 Å². The van der Waals surface area contributed by atoms with Crippen molar-refractivity contribution in [2.45, 2.75) is 31.9 Å². The van der Waals surface area contributed by atoms with Crippen molar-refractivity contribution in [3.63, 3.8) is 0 Å². The number of aromatic nitrogens is 2. The van der Waals surface area contributed by atoms with Crippen LogP contribution in [0, 0.1) is 0 Å². The molecule has 0 fully saturated rings. The number of nitrogens with one attached hydrogen (secondary N) is 1. The Bertz CT molecular complexity index is 329. The molecule has 1 aromatic heterocycles. The minimum atomic E-state index is -0.424. The molecule has 16 heavy (non-hydrogen) atoms. The van der Waals surface area contributed by atoms with E-state index in [9.17, 15) is 0 Å². The van der Waals surface area contributed by atoms with Crippen molar-refractivity contribution in [1.29, 1.82) is 0 Å². The second kappa shape index (κ2) is 5.14. The average Bonchev–Trinajstić information content (AvgIpc) is 2.61. The summed E-state index contributed by atoms with van der Waals surface area (Å²) in [5.41, 5.74) is 3.16. The van der Waals surface area contributed by atoms with E-state index in [1.807, 2.05) is 20.9 Å². The van der Waals surface area contributed by atoms with Crippen LogP contribution in [0.1, 0.15) is 32.0 Å². The molecule has 0 amide bonds. The van der Waals surface area contributed by atoms with E-state index in [0.29, 0.717) is 5.02 Å². The minimum Gasteiger partial charge on any atom is -0.376 e. The SMILES string of the molecule is CCC(C)(OC)C(NN)c1c(Cl)cnn1C. The van der Waals surface area contributed by atoms with E-state index in [4.69, 9.17) is 22.2 Å². The van der Waals surface area contributed by atoms with Crippen molar-refractivity contribution < 1.29 is 4.74 Å². The molecule has 0 aliphatic heterocycles. The number of halogens is 1. The molecule has 0 spiro atoms. The van der Waals surface area contributed by atoms with E-state index in [0.717, 1.165) is 12.1 Å². The first-order chi connectivity index (χ1) is 7.50. The summed E-state index contributed by atoms with van der Waals surface area (Å²) in [4.78, 5) is 0. The van der Waals surface area contributed by atoms with E-state index in [-0.39, 0.29) is 6.04 Å². The molecule has 0 aliphatic carbocycles. The fourth-order valence-electron chi connectivity index (χ4n) is 1.76. The number of rotatable bonds is 5. The molecule has 0 radical (unpaired) electrons. The second-order valence-corrected chi connectivity index (χ2v) is 4.38. The van der Waals surface area contributed by atoms with Gasteiger partial charge in [-0.15, -0.1) is 0 Å². The molecule has 0 aromatic carbocycles. The third-order valence-corrected chi connectivity index (χ3v) is 3.45. The quantitative estimate of drug-likeness (QED) is 0.609. The van der Waals surface area contributed by atoms with Gasteiger partial charge in [-0.2, -0.15) is 5.10 Å². The molecule has 1 rings (SSSR count). The summed E-state index contributed by atoms with van der Waals surface area (Å²) < 4.78 is 7.24. The largest absolute Gasteiger partial charge is 0.376 e. The molecule has 0 bridgehead atoms. The zero-order valence-corrected chi connectivity index (χ0v) is 10.9. The summed E-state index contributed by atoms with van der Waals surface area (Å²) in [6, 6.07) is -0.206. The average molecular weight is 247 g/mol. The number of hydrogen-bond acceptors (Lipinski definition) is 4. The molecule has 5 nitrogen and oxygen atoms in total. The summed E-state index contributed by atoms with van der Waals surface area (Å²) >= 11 is 6.10. The Morgan fingerprint density at radius 3 is 2.69 bits per heavy atom. The lowest BCUT2D eigenvalue weighted by atomic mass is 9.91. The first kappa shape index (κ1) is 13.4. The molecule has 0 saturated heterocycles. The summed E-state index contributed by atoms with van der Waals surface area (Å²) in [5, 5.41) is 4.69. The van der Waals surface area contributed by atoms with Gasteiger partial charge in [-0.3, -0.25) is 10.5 Å². The van der Waals surface area contributed by atoms with Crippen molar-refractivity contribution in [3.05, 3.63) is 16.9 Å². The van der Waals surface area contributed by atoms with E-state index in [1.54, 1.807) is 18.0 Å². The minimum absolute atomic E-state index is 0.206. The van der Waals surface area contributed by atoms with Crippen LogP contribution in [0.5, 0.6) is 0 Å². The molecule has 92 valence electrons. The molecule has 2 atom stereocenters. The van der Waals surface area contributed by atoms with E-state index < -0.39 is 5.60 Å². The second-order valence-electron chi connectivity index (χ2n) is 3.97. The number of nitrogens with zero attached hydrogens (tertiary/aromatic N) is 2. The Kier molecular flexibility index (Phi) is 4.32. The van der Waals surface area contributed by atoms with Crippen LogP contribution in [0.3, 0.4) is 0 Å². The fraction of sp³-hybridized carbons (Fsp3) is 0.700. The standard InChI is InChI=1S/C10H19ClN4O/c1-5-10(2,16-4)9(14-12)8-7(11)6-13-15(8)3/h6,9,14H,5,12H2,1-4H3. The van der Waals surface area contributed by atoms with Gasteiger partial charge < -0.3 is 4.74 Å². The van der Waals surface area contributed by atoms with Gasteiger partial charge in [0.2, 0.25) is 0 Å². The molecular weight excluding hydrogens is 228 g/mol. The molecule has 1 aromatic rings. The highest BCUT2D eigenvalue weighted by Crippen LogP contribution is 2.34. The summed E-state index contributed by atoms with van der Waals surface area (Å²) in [6.45, 7) is 4.03. The van der Waals surface area contributed by atoms with Crippen molar-refractivity contribution in [3.8, 4) is 0 Å². The highest BCUT2D eigenvalue weighted by atomic mass is 35.5. The van der Waals surface area contributed by atoms with E-state index >= 15 is 0 Å². The molecular formula is C10H19ClN4O. The predicted molar refractivity (Wildman–Crippen MR) is 64.0 cm³/mol. The normalized spacial score (nSPS) is 17.1. The summed E-state index contributed by atoms with van der Waals surface area (Å²) in [5.74, 6) is 5.61.